The van der Waals surface area contributed by atoms with E-state index >= 15 is 0 Å². The lowest BCUT2D eigenvalue weighted by molar-refractivity contribution is -0.123. The zero-order valence-corrected chi connectivity index (χ0v) is 18.8. The highest BCUT2D eigenvalue weighted by molar-refractivity contribution is 7.89. The molecule has 9 heteroatoms. The third-order valence-electron chi connectivity index (χ3n) is 5.00. The summed E-state index contributed by atoms with van der Waals surface area (Å²) in [5.74, 6) is -1.17. The lowest BCUT2D eigenvalue weighted by Crippen LogP contribution is -2.30. The van der Waals surface area contributed by atoms with Gasteiger partial charge in [-0.05, 0) is 44.5 Å². The van der Waals surface area contributed by atoms with Crippen molar-refractivity contribution in [2.24, 2.45) is 0 Å². The summed E-state index contributed by atoms with van der Waals surface area (Å²) in [6, 6.07) is 11.8. The Hall–Kier alpha value is -3.17. The molecule has 0 saturated heterocycles. The summed E-state index contributed by atoms with van der Waals surface area (Å²) >= 11 is 0. The van der Waals surface area contributed by atoms with Crippen molar-refractivity contribution in [1.82, 2.24) is 9.29 Å². The molecule has 1 unspecified atom stereocenters. The number of aryl methyl sites for hydroxylation is 2. The molecule has 0 aliphatic carbocycles. The minimum absolute atomic E-state index is 0.0532. The van der Waals surface area contributed by atoms with Crippen LogP contribution in [0.4, 0.5) is 5.69 Å². The summed E-state index contributed by atoms with van der Waals surface area (Å²) in [4.78, 5) is 28.6. The number of amides is 1. The highest BCUT2D eigenvalue weighted by Gasteiger charge is 2.24. The van der Waals surface area contributed by atoms with E-state index in [1.54, 1.807) is 26.0 Å². The Bertz CT molecular complexity index is 1260. The minimum atomic E-state index is -3.65. The number of ether oxygens (including phenoxy) is 1. The van der Waals surface area contributed by atoms with E-state index in [9.17, 15) is 18.0 Å². The van der Waals surface area contributed by atoms with Crippen LogP contribution in [0.15, 0.2) is 47.4 Å². The van der Waals surface area contributed by atoms with Crippen LogP contribution < -0.4 is 5.32 Å². The SMILES string of the molecule is Cc1ccc(S(=O)(=O)N(C)C)cc1NC(=O)C(C)OC(=O)c1c(C)[nH]c2ccccc12. The first-order valence-corrected chi connectivity index (χ1v) is 11.1. The van der Waals surface area contributed by atoms with Crippen molar-refractivity contribution in [3.05, 3.63) is 59.3 Å². The number of carbonyl (C=O) groups excluding carboxylic acids is 2. The summed E-state index contributed by atoms with van der Waals surface area (Å²) in [6.07, 6.45) is -1.09. The van der Waals surface area contributed by atoms with E-state index in [4.69, 9.17) is 4.74 Å². The fourth-order valence-corrected chi connectivity index (χ4v) is 4.08. The summed E-state index contributed by atoms with van der Waals surface area (Å²) in [5, 5.41) is 3.37. The number of benzene rings is 2. The molecule has 1 amide bonds. The first-order chi connectivity index (χ1) is 14.5. The van der Waals surface area contributed by atoms with Crippen molar-refractivity contribution in [1.29, 1.82) is 0 Å². The molecule has 2 N–H and O–H groups in total. The fourth-order valence-electron chi connectivity index (χ4n) is 3.15. The molecular formula is C22H25N3O5S. The van der Waals surface area contributed by atoms with Crippen molar-refractivity contribution >= 4 is 38.5 Å². The van der Waals surface area contributed by atoms with Gasteiger partial charge in [0.05, 0.1) is 10.5 Å². The number of esters is 1. The number of aromatic nitrogens is 1. The molecule has 8 nitrogen and oxygen atoms in total. The molecule has 164 valence electrons. The van der Waals surface area contributed by atoms with Crippen LogP contribution >= 0.6 is 0 Å². The maximum absolute atomic E-state index is 12.7. The van der Waals surface area contributed by atoms with E-state index in [1.165, 1.54) is 33.2 Å². The van der Waals surface area contributed by atoms with Gasteiger partial charge in [-0.3, -0.25) is 4.79 Å². The Labute approximate surface area is 181 Å². The second-order valence-corrected chi connectivity index (χ2v) is 9.62. The first kappa shape index (κ1) is 22.5. The number of hydrogen-bond donors (Lipinski definition) is 2. The monoisotopic (exact) mass is 443 g/mol. The Kier molecular flexibility index (Phi) is 6.19. The first-order valence-electron chi connectivity index (χ1n) is 9.64. The third-order valence-corrected chi connectivity index (χ3v) is 6.81. The van der Waals surface area contributed by atoms with Gasteiger partial charge in [0.15, 0.2) is 6.10 Å². The van der Waals surface area contributed by atoms with E-state index in [-0.39, 0.29) is 4.90 Å². The number of nitrogens with one attached hydrogen (secondary N) is 2. The Morgan fingerprint density at radius 1 is 1.10 bits per heavy atom. The molecule has 0 aliphatic heterocycles. The Balaban J connectivity index is 1.78. The molecule has 0 spiro atoms. The maximum atomic E-state index is 12.7. The number of aromatic amines is 1. The van der Waals surface area contributed by atoms with Gasteiger partial charge >= 0.3 is 5.97 Å². The van der Waals surface area contributed by atoms with E-state index in [0.717, 1.165) is 15.2 Å². The van der Waals surface area contributed by atoms with Crippen molar-refractivity contribution in [3.63, 3.8) is 0 Å². The average molecular weight is 444 g/mol. The maximum Gasteiger partial charge on any atom is 0.341 e. The molecular weight excluding hydrogens is 418 g/mol. The van der Waals surface area contributed by atoms with Gasteiger partial charge in [-0.15, -0.1) is 0 Å². The zero-order valence-electron chi connectivity index (χ0n) is 18.0. The zero-order chi connectivity index (χ0) is 22.9. The molecule has 0 bridgehead atoms. The van der Waals surface area contributed by atoms with Crippen LogP contribution in [-0.4, -0.2) is 49.8 Å². The number of fused-ring (bicyclic) bond motifs is 1. The normalized spacial score (nSPS) is 12.7. The van der Waals surface area contributed by atoms with Gasteiger partial charge < -0.3 is 15.0 Å². The van der Waals surface area contributed by atoms with Gasteiger partial charge in [-0.1, -0.05) is 24.3 Å². The highest BCUT2D eigenvalue weighted by Crippen LogP contribution is 2.24. The second-order valence-electron chi connectivity index (χ2n) is 7.47. The average Bonchev–Trinajstić information content (AvgIpc) is 3.04. The van der Waals surface area contributed by atoms with Crippen LogP contribution in [-0.2, 0) is 19.6 Å². The van der Waals surface area contributed by atoms with Gasteiger partial charge in [0.1, 0.15) is 0 Å². The van der Waals surface area contributed by atoms with E-state index < -0.39 is 28.0 Å². The number of hydrogen-bond acceptors (Lipinski definition) is 5. The van der Waals surface area contributed by atoms with Crippen LogP contribution in [0, 0.1) is 13.8 Å². The minimum Gasteiger partial charge on any atom is -0.449 e. The van der Waals surface area contributed by atoms with Crippen LogP contribution in [0.5, 0.6) is 0 Å². The summed E-state index contributed by atoms with van der Waals surface area (Å²) in [7, 11) is -0.789. The molecule has 1 aromatic heterocycles. The largest absolute Gasteiger partial charge is 0.449 e. The predicted octanol–water partition coefficient (Wildman–Crippen LogP) is 3.22. The summed E-state index contributed by atoms with van der Waals surface area (Å²) in [6.45, 7) is 4.97. The van der Waals surface area contributed by atoms with Crippen LogP contribution in [0.1, 0.15) is 28.5 Å². The van der Waals surface area contributed by atoms with Crippen LogP contribution in [0.3, 0.4) is 0 Å². The van der Waals surface area contributed by atoms with Crippen LogP contribution in [0.25, 0.3) is 10.9 Å². The lowest BCUT2D eigenvalue weighted by Gasteiger charge is -2.17. The van der Waals surface area contributed by atoms with Crippen molar-refractivity contribution < 1.29 is 22.7 Å². The van der Waals surface area contributed by atoms with E-state index in [2.05, 4.69) is 10.3 Å². The summed E-state index contributed by atoms with van der Waals surface area (Å²) < 4.78 is 31.2. The van der Waals surface area contributed by atoms with Gasteiger partial charge in [0, 0.05) is 36.4 Å². The number of H-pyrrole nitrogens is 1. The molecule has 1 atom stereocenters. The third kappa shape index (κ3) is 4.47. The molecule has 0 saturated carbocycles. The quantitative estimate of drug-likeness (QED) is 0.569. The molecule has 1 heterocycles. The van der Waals surface area contributed by atoms with Crippen molar-refractivity contribution in [2.75, 3.05) is 19.4 Å². The molecule has 0 aliphatic rings. The molecule has 3 rings (SSSR count). The number of nitrogens with zero attached hydrogens (tertiary/aromatic N) is 1. The number of para-hydroxylation sites is 1. The topological polar surface area (TPSA) is 109 Å². The smallest absolute Gasteiger partial charge is 0.341 e. The van der Waals surface area contributed by atoms with Gasteiger partial charge in [-0.2, -0.15) is 0 Å². The number of anilines is 1. The van der Waals surface area contributed by atoms with Crippen LogP contribution in [0.2, 0.25) is 0 Å². The number of sulfonamides is 1. The lowest BCUT2D eigenvalue weighted by atomic mass is 10.1. The van der Waals surface area contributed by atoms with Crippen molar-refractivity contribution in [3.8, 4) is 0 Å². The molecule has 0 radical (unpaired) electrons. The Morgan fingerprint density at radius 2 is 1.77 bits per heavy atom. The Morgan fingerprint density at radius 3 is 2.45 bits per heavy atom. The molecule has 31 heavy (non-hydrogen) atoms. The molecule has 0 fully saturated rings. The van der Waals surface area contributed by atoms with E-state index in [0.29, 0.717) is 22.5 Å². The second kappa shape index (κ2) is 8.52. The van der Waals surface area contributed by atoms with Gasteiger partial charge in [0.2, 0.25) is 10.0 Å². The molecule has 2 aromatic carbocycles. The van der Waals surface area contributed by atoms with Gasteiger partial charge in [0.25, 0.3) is 5.91 Å². The number of rotatable bonds is 6. The van der Waals surface area contributed by atoms with E-state index in [1.807, 2.05) is 18.2 Å². The van der Waals surface area contributed by atoms with Gasteiger partial charge in [-0.25, -0.2) is 17.5 Å². The highest BCUT2D eigenvalue weighted by atomic mass is 32.2. The summed E-state index contributed by atoms with van der Waals surface area (Å²) in [5.41, 5.74) is 2.84. The predicted molar refractivity (Wildman–Crippen MR) is 119 cm³/mol. The van der Waals surface area contributed by atoms with Crippen molar-refractivity contribution in [2.45, 2.75) is 31.8 Å². The number of carbonyl (C=O) groups is 2. The fraction of sp³-hybridized carbons (Fsp3) is 0.273. The standard InChI is InChI=1S/C22H25N3O5S/c1-13-10-11-16(31(28,29)25(4)5)12-19(13)24-21(26)15(3)30-22(27)20-14(2)23-18-9-7-6-8-17(18)20/h6-12,15,23H,1-5H3,(H,24,26). The molecule has 3 aromatic rings.